The molecule has 0 N–H and O–H groups in total. The monoisotopic (exact) mass is 304 g/mol. The molecule has 0 unspecified atom stereocenters. The highest BCUT2D eigenvalue weighted by molar-refractivity contribution is 5.72. The summed E-state index contributed by atoms with van der Waals surface area (Å²) in [6, 6.07) is 4.58. The van der Waals surface area contributed by atoms with E-state index in [1.807, 2.05) is 23.6 Å². The SMILES string of the molecule is CCOC(=O)N1CCC(n2c(OC)nc3cccnc32)CC1. The standard InChI is InChI=1S/C15H20N4O3/c1-3-22-15(20)18-9-6-11(7-10-18)19-13-12(5-4-8-16-13)17-14(19)21-2/h4-5,8,11H,3,6-7,9-10H2,1-2H3. The lowest BCUT2D eigenvalue weighted by Gasteiger charge is -2.32. The first-order valence-electron chi connectivity index (χ1n) is 7.53. The second kappa shape index (κ2) is 6.21. The number of fused-ring (bicyclic) bond motifs is 1. The quantitative estimate of drug-likeness (QED) is 0.869. The number of carbonyl (C=O) groups is 1. The number of aromatic nitrogens is 3. The highest BCUT2D eigenvalue weighted by atomic mass is 16.6. The Morgan fingerprint density at radius 2 is 2.18 bits per heavy atom. The number of imidazole rings is 1. The van der Waals surface area contributed by atoms with Gasteiger partial charge in [-0.15, -0.1) is 0 Å². The van der Waals surface area contributed by atoms with E-state index in [0.717, 1.165) is 24.0 Å². The third kappa shape index (κ3) is 2.58. The number of nitrogens with zero attached hydrogens (tertiary/aromatic N) is 4. The number of rotatable bonds is 3. The molecule has 1 amide bonds. The van der Waals surface area contributed by atoms with Crippen LogP contribution >= 0.6 is 0 Å². The Hall–Kier alpha value is -2.31. The summed E-state index contributed by atoms with van der Waals surface area (Å²) in [4.78, 5) is 22.4. The van der Waals surface area contributed by atoms with Gasteiger partial charge in [-0.2, -0.15) is 4.98 Å². The fourth-order valence-electron chi connectivity index (χ4n) is 2.90. The third-order valence-electron chi connectivity index (χ3n) is 3.95. The van der Waals surface area contributed by atoms with E-state index >= 15 is 0 Å². The number of carbonyl (C=O) groups excluding carboxylic acids is 1. The van der Waals surface area contributed by atoms with Crippen molar-refractivity contribution in [3.05, 3.63) is 18.3 Å². The molecule has 3 heterocycles. The van der Waals surface area contributed by atoms with Crippen molar-refractivity contribution in [1.82, 2.24) is 19.4 Å². The fraction of sp³-hybridized carbons (Fsp3) is 0.533. The van der Waals surface area contributed by atoms with Gasteiger partial charge in [0, 0.05) is 25.3 Å². The Bertz CT molecular complexity index is 662. The molecule has 22 heavy (non-hydrogen) atoms. The van der Waals surface area contributed by atoms with Crippen LogP contribution in [0.2, 0.25) is 0 Å². The molecule has 1 saturated heterocycles. The molecule has 2 aromatic rings. The average Bonchev–Trinajstić information content (AvgIpc) is 2.93. The second-order valence-corrected chi connectivity index (χ2v) is 5.23. The predicted octanol–water partition coefficient (Wildman–Crippen LogP) is 2.23. The van der Waals surface area contributed by atoms with Crippen molar-refractivity contribution >= 4 is 17.3 Å². The molecule has 0 bridgehead atoms. The lowest BCUT2D eigenvalue weighted by atomic mass is 10.1. The molecule has 118 valence electrons. The highest BCUT2D eigenvalue weighted by Gasteiger charge is 2.28. The van der Waals surface area contributed by atoms with Gasteiger partial charge in [0.25, 0.3) is 6.01 Å². The first kappa shape index (κ1) is 14.6. The van der Waals surface area contributed by atoms with Crippen molar-refractivity contribution in [3.63, 3.8) is 0 Å². The van der Waals surface area contributed by atoms with Gasteiger partial charge < -0.3 is 14.4 Å². The normalized spacial score (nSPS) is 16.0. The number of methoxy groups -OCH3 is 1. The van der Waals surface area contributed by atoms with E-state index in [2.05, 4.69) is 9.97 Å². The minimum absolute atomic E-state index is 0.223. The molecule has 7 heteroatoms. The Labute approximate surface area is 128 Å². The molecule has 0 saturated carbocycles. The van der Waals surface area contributed by atoms with Gasteiger partial charge in [-0.1, -0.05) is 0 Å². The lowest BCUT2D eigenvalue weighted by Crippen LogP contribution is -2.39. The molecule has 2 aromatic heterocycles. The van der Waals surface area contributed by atoms with Crippen LogP contribution < -0.4 is 4.74 Å². The van der Waals surface area contributed by atoms with E-state index in [-0.39, 0.29) is 12.1 Å². The van der Waals surface area contributed by atoms with E-state index < -0.39 is 0 Å². The molecule has 7 nitrogen and oxygen atoms in total. The lowest BCUT2D eigenvalue weighted by molar-refractivity contribution is 0.0922. The van der Waals surface area contributed by atoms with Crippen LogP contribution in [0.15, 0.2) is 18.3 Å². The molecule has 0 radical (unpaired) electrons. The van der Waals surface area contributed by atoms with E-state index in [0.29, 0.717) is 25.7 Å². The first-order valence-corrected chi connectivity index (χ1v) is 7.53. The van der Waals surface area contributed by atoms with Crippen molar-refractivity contribution in [2.75, 3.05) is 26.8 Å². The number of hydrogen-bond acceptors (Lipinski definition) is 5. The zero-order valence-electron chi connectivity index (χ0n) is 12.9. The Morgan fingerprint density at radius 3 is 2.86 bits per heavy atom. The van der Waals surface area contributed by atoms with Crippen LogP contribution in [-0.2, 0) is 4.74 Å². The van der Waals surface area contributed by atoms with Crippen LogP contribution in [0.25, 0.3) is 11.2 Å². The van der Waals surface area contributed by atoms with Crippen LogP contribution in [0.5, 0.6) is 6.01 Å². The fourth-order valence-corrected chi connectivity index (χ4v) is 2.90. The maximum atomic E-state index is 11.8. The smallest absolute Gasteiger partial charge is 0.409 e. The number of hydrogen-bond donors (Lipinski definition) is 0. The molecule has 0 aromatic carbocycles. The summed E-state index contributed by atoms with van der Waals surface area (Å²) in [5, 5.41) is 0. The van der Waals surface area contributed by atoms with E-state index in [1.54, 1.807) is 18.2 Å². The molecule has 3 rings (SSSR count). The molecular weight excluding hydrogens is 284 g/mol. The summed E-state index contributed by atoms with van der Waals surface area (Å²) in [6.45, 7) is 3.56. The molecule has 1 aliphatic heterocycles. The summed E-state index contributed by atoms with van der Waals surface area (Å²) in [6.07, 6.45) is 3.18. The summed E-state index contributed by atoms with van der Waals surface area (Å²) in [5.74, 6) is 0. The maximum Gasteiger partial charge on any atom is 0.409 e. The van der Waals surface area contributed by atoms with Gasteiger partial charge in [-0.3, -0.25) is 4.57 Å². The predicted molar refractivity (Wildman–Crippen MR) is 80.9 cm³/mol. The van der Waals surface area contributed by atoms with Gasteiger partial charge in [0.15, 0.2) is 5.65 Å². The van der Waals surface area contributed by atoms with Gasteiger partial charge in [0.05, 0.1) is 13.7 Å². The van der Waals surface area contributed by atoms with Crippen molar-refractivity contribution in [2.24, 2.45) is 0 Å². The molecular formula is C15H20N4O3. The largest absolute Gasteiger partial charge is 0.468 e. The van der Waals surface area contributed by atoms with Gasteiger partial charge in [0.2, 0.25) is 0 Å². The Kier molecular flexibility index (Phi) is 4.13. The maximum absolute atomic E-state index is 11.8. The summed E-state index contributed by atoms with van der Waals surface area (Å²) in [5.41, 5.74) is 1.65. The average molecular weight is 304 g/mol. The molecule has 0 aliphatic carbocycles. The highest BCUT2D eigenvalue weighted by Crippen LogP contribution is 2.31. The zero-order chi connectivity index (χ0) is 15.5. The van der Waals surface area contributed by atoms with Crippen LogP contribution in [0.3, 0.4) is 0 Å². The van der Waals surface area contributed by atoms with Crippen molar-refractivity contribution in [1.29, 1.82) is 0 Å². The van der Waals surface area contributed by atoms with Crippen LogP contribution in [-0.4, -0.2) is 52.3 Å². The molecule has 1 fully saturated rings. The Morgan fingerprint density at radius 1 is 1.41 bits per heavy atom. The Balaban J connectivity index is 1.80. The number of amides is 1. The number of pyridine rings is 1. The van der Waals surface area contributed by atoms with Gasteiger partial charge in [0.1, 0.15) is 5.52 Å². The second-order valence-electron chi connectivity index (χ2n) is 5.23. The zero-order valence-corrected chi connectivity index (χ0v) is 12.9. The van der Waals surface area contributed by atoms with Gasteiger partial charge in [-0.25, -0.2) is 9.78 Å². The van der Waals surface area contributed by atoms with Crippen LogP contribution in [0, 0.1) is 0 Å². The van der Waals surface area contributed by atoms with E-state index in [4.69, 9.17) is 9.47 Å². The van der Waals surface area contributed by atoms with Crippen molar-refractivity contribution in [3.8, 4) is 6.01 Å². The number of piperidine rings is 1. The minimum atomic E-state index is -0.235. The topological polar surface area (TPSA) is 69.5 Å². The van der Waals surface area contributed by atoms with Crippen LogP contribution in [0.1, 0.15) is 25.8 Å². The number of ether oxygens (including phenoxy) is 2. The third-order valence-corrected chi connectivity index (χ3v) is 3.95. The first-order chi connectivity index (χ1) is 10.7. The van der Waals surface area contributed by atoms with Crippen LogP contribution in [0.4, 0.5) is 4.79 Å². The molecule has 0 spiro atoms. The minimum Gasteiger partial charge on any atom is -0.468 e. The van der Waals surface area contributed by atoms with Gasteiger partial charge in [-0.05, 0) is 31.9 Å². The van der Waals surface area contributed by atoms with E-state index in [1.165, 1.54) is 0 Å². The summed E-state index contributed by atoms with van der Waals surface area (Å²) < 4.78 is 12.5. The van der Waals surface area contributed by atoms with Crippen molar-refractivity contribution in [2.45, 2.75) is 25.8 Å². The van der Waals surface area contributed by atoms with Gasteiger partial charge >= 0.3 is 6.09 Å². The molecule has 0 atom stereocenters. The van der Waals surface area contributed by atoms with E-state index in [9.17, 15) is 4.79 Å². The molecule has 1 aliphatic rings. The number of likely N-dealkylation sites (tertiary alicyclic amines) is 1. The summed E-state index contributed by atoms with van der Waals surface area (Å²) >= 11 is 0. The van der Waals surface area contributed by atoms with Crippen molar-refractivity contribution < 1.29 is 14.3 Å². The summed E-state index contributed by atoms with van der Waals surface area (Å²) in [7, 11) is 1.62.